The van der Waals surface area contributed by atoms with Crippen LogP contribution in [-0.4, -0.2) is 52.3 Å². The molecule has 1 amide bonds. The van der Waals surface area contributed by atoms with Gasteiger partial charge in [0.2, 0.25) is 5.60 Å². The molecule has 7 nitrogen and oxygen atoms in total. The lowest BCUT2D eigenvalue weighted by atomic mass is 9.63. The number of likely N-dealkylation sites (tertiary alicyclic amines) is 1. The van der Waals surface area contributed by atoms with E-state index in [1.165, 1.54) is 0 Å². The fraction of sp³-hybridized carbons (Fsp3) is 0.833. The monoisotopic (exact) mass is 353 g/mol. The molecule has 1 atom stereocenters. The first-order chi connectivity index (χ1) is 11.6. The van der Waals surface area contributed by atoms with E-state index in [4.69, 9.17) is 9.47 Å². The van der Waals surface area contributed by atoms with Crippen LogP contribution in [0.25, 0.3) is 0 Å². The zero-order valence-corrected chi connectivity index (χ0v) is 15.2. The zero-order valence-electron chi connectivity index (χ0n) is 15.2. The zero-order chi connectivity index (χ0) is 18.5. The maximum absolute atomic E-state index is 12.3. The molecule has 1 unspecified atom stereocenters. The number of aliphatic carboxylic acids is 1. The molecule has 0 aromatic heterocycles. The minimum Gasteiger partial charge on any atom is -0.478 e. The van der Waals surface area contributed by atoms with Gasteiger partial charge in [0, 0.05) is 25.4 Å². The van der Waals surface area contributed by atoms with Crippen LogP contribution in [0, 0.1) is 11.3 Å². The van der Waals surface area contributed by atoms with Crippen molar-refractivity contribution in [1.82, 2.24) is 4.90 Å². The average Bonchev–Trinajstić information content (AvgIpc) is 2.81. The first kappa shape index (κ1) is 18.0. The predicted octanol–water partition coefficient (Wildman–Crippen LogP) is 2.57. The molecule has 1 saturated carbocycles. The van der Waals surface area contributed by atoms with Gasteiger partial charge in [0.25, 0.3) is 0 Å². The lowest BCUT2D eigenvalue weighted by Crippen LogP contribution is -2.52. The Bertz CT molecular complexity index is 583. The fourth-order valence-electron chi connectivity index (χ4n) is 4.25. The molecule has 3 aliphatic rings. The molecule has 0 aromatic carbocycles. The van der Waals surface area contributed by atoms with Crippen LogP contribution in [-0.2, 0) is 19.1 Å². The number of carbonyl (C=O) groups is 3. The number of carboxylic acids is 1. The van der Waals surface area contributed by atoms with Gasteiger partial charge in [-0.2, -0.15) is 0 Å². The van der Waals surface area contributed by atoms with Gasteiger partial charge in [-0.25, -0.2) is 9.59 Å². The molecular formula is C18H27NO6. The fourth-order valence-corrected chi connectivity index (χ4v) is 4.25. The lowest BCUT2D eigenvalue weighted by molar-refractivity contribution is -0.178. The number of hydrogen-bond donors (Lipinski definition) is 1. The minimum atomic E-state index is -1.43. The van der Waals surface area contributed by atoms with Gasteiger partial charge >= 0.3 is 18.0 Å². The van der Waals surface area contributed by atoms with E-state index in [1.807, 2.05) is 20.8 Å². The summed E-state index contributed by atoms with van der Waals surface area (Å²) in [5, 5.41) is 9.83. The van der Waals surface area contributed by atoms with Gasteiger partial charge in [0.1, 0.15) is 5.60 Å². The summed E-state index contributed by atoms with van der Waals surface area (Å²) in [5.74, 6) is -1.68. The highest BCUT2D eigenvalue weighted by Crippen LogP contribution is 2.56. The number of nitrogens with zero attached hydrogens (tertiary/aromatic N) is 1. The standard InChI is InChI=1S/C18H27NO6/c1-16(2,3)25-15(23)19-9-5-12(6-10-19)18(13(20)21)11-17(7-4-8-17)14(22)24-18/h12H,4-11H2,1-3H3,(H,20,21). The number of amides is 1. The van der Waals surface area contributed by atoms with Crippen molar-refractivity contribution in [1.29, 1.82) is 0 Å². The lowest BCUT2D eigenvalue weighted by Gasteiger charge is -2.40. The van der Waals surface area contributed by atoms with Crippen LogP contribution in [0.2, 0.25) is 0 Å². The number of esters is 1. The summed E-state index contributed by atoms with van der Waals surface area (Å²) >= 11 is 0. The molecule has 3 fully saturated rings. The van der Waals surface area contributed by atoms with Crippen LogP contribution in [0.1, 0.15) is 59.3 Å². The van der Waals surface area contributed by atoms with E-state index in [0.29, 0.717) is 25.9 Å². The van der Waals surface area contributed by atoms with Crippen LogP contribution in [0.5, 0.6) is 0 Å². The van der Waals surface area contributed by atoms with E-state index in [1.54, 1.807) is 4.90 Å². The molecule has 0 aromatic rings. The second kappa shape index (κ2) is 5.88. The Kier molecular flexibility index (Phi) is 4.24. The van der Waals surface area contributed by atoms with Crippen LogP contribution < -0.4 is 0 Å². The van der Waals surface area contributed by atoms with E-state index in [-0.39, 0.29) is 24.4 Å². The normalized spacial score (nSPS) is 29.2. The van der Waals surface area contributed by atoms with Crippen molar-refractivity contribution < 1.29 is 29.0 Å². The van der Waals surface area contributed by atoms with Gasteiger partial charge in [-0.3, -0.25) is 4.79 Å². The molecule has 2 heterocycles. The Balaban J connectivity index is 1.67. The smallest absolute Gasteiger partial charge is 0.410 e. The molecule has 140 valence electrons. The van der Waals surface area contributed by atoms with Gasteiger partial charge in [0.15, 0.2) is 0 Å². The first-order valence-corrected chi connectivity index (χ1v) is 9.03. The maximum atomic E-state index is 12.3. The molecule has 7 heteroatoms. The Labute approximate surface area is 147 Å². The molecule has 2 saturated heterocycles. The first-order valence-electron chi connectivity index (χ1n) is 9.03. The van der Waals surface area contributed by atoms with Crippen LogP contribution in [0.4, 0.5) is 4.79 Å². The van der Waals surface area contributed by atoms with Gasteiger partial charge in [0.05, 0.1) is 5.41 Å². The third kappa shape index (κ3) is 3.09. The second-order valence-electron chi connectivity index (χ2n) is 8.64. The van der Waals surface area contributed by atoms with Crippen molar-refractivity contribution >= 4 is 18.0 Å². The molecule has 2 aliphatic heterocycles. The van der Waals surface area contributed by atoms with E-state index < -0.39 is 22.6 Å². The summed E-state index contributed by atoms with van der Waals surface area (Å²) in [5.41, 5.74) is -2.58. The Hall–Kier alpha value is -1.79. The largest absolute Gasteiger partial charge is 0.478 e. The van der Waals surface area contributed by atoms with E-state index in [2.05, 4.69) is 0 Å². The number of piperidine rings is 1. The maximum Gasteiger partial charge on any atom is 0.410 e. The SMILES string of the molecule is CC(C)(C)OC(=O)N1CCC(C2(C(=O)O)CC3(CCC3)C(=O)O2)CC1. The Morgan fingerprint density at radius 2 is 1.84 bits per heavy atom. The van der Waals surface area contributed by atoms with Crippen molar-refractivity contribution in [3.05, 3.63) is 0 Å². The summed E-state index contributed by atoms with van der Waals surface area (Å²) in [4.78, 5) is 38.1. The predicted molar refractivity (Wildman–Crippen MR) is 87.9 cm³/mol. The highest BCUT2D eigenvalue weighted by Gasteiger charge is 2.65. The van der Waals surface area contributed by atoms with Gasteiger partial charge in [-0.15, -0.1) is 0 Å². The van der Waals surface area contributed by atoms with Gasteiger partial charge in [-0.05, 0) is 46.5 Å². The average molecular weight is 353 g/mol. The second-order valence-corrected chi connectivity index (χ2v) is 8.64. The molecule has 0 bridgehead atoms. The van der Waals surface area contributed by atoms with Crippen molar-refractivity contribution in [2.24, 2.45) is 11.3 Å². The number of carbonyl (C=O) groups excluding carboxylic acids is 2. The Morgan fingerprint density at radius 1 is 1.24 bits per heavy atom. The number of cyclic esters (lactones) is 1. The van der Waals surface area contributed by atoms with Crippen molar-refractivity contribution in [2.45, 2.75) is 70.5 Å². The minimum absolute atomic E-state index is 0.269. The number of hydrogen-bond acceptors (Lipinski definition) is 5. The molecule has 25 heavy (non-hydrogen) atoms. The Morgan fingerprint density at radius 3 is 2.24 bits per heavy atom. The number of carboxylic acid groups (broad SMARTS) is 1. The van der Waals surface area contributed by atoms with Crippen LogP contribution in [0.3, 0.4) is 0 Å². The van der Waals surface area contributed by atoms with E-state index in [9.17, 15) is 19.5 Å². The summed E-state index contributed by atoms with van der Waals surface area (Å²) < 4.78 is 10.9. The van der Waals surface area contributed by atoms with Crippen molar-refractivity contribution in [3.63, 3.8) is 0 Å². The summed E-state index contributed by atoms with van der Waals surface area (Å²) in [7, 11) is 0. The third-order valence-electron chi connectivity index (χ3n) is 5.79. The third-order valence-corrected chi connectivity index (χ3v) is 5.79. The van der Waals surface area contributed by atoms with Gasteiger partial charge < -0.3 is 19.5 Å². The van der Waals surface area contributed by atoms with Gasteiger partial charge in [-0.1, -0.05) is 6.42 Å². The highest BCUT2D eigenvalue weighted by atomic mass is 16.6. The summed E-state index contributed by atoms with van der Waals surface area (Å²) in [6, 6.07) is 0. The van der Waals surface area contributed by atoms with Crippen LogP contribution in [0.15, 0.2) is 0 Å². The molecule has 0 radical (unpaired) electrons. The molecule has 1 spiro atoms. The number of ether oxygens (including phenoxy) is 2. The van der Waals surface area contributed by atoms with E-state index in [0.717, 1.165) is 19.3 Å². The summed E-state index contributed by atoms with van der Waals surface area (Å²) in [6.07, 6.45) is 3.26. The summed E-state index contributed by atoms with van der Waals surface area (Å²) in [6.45, 7) is 6.27. The quantitative estimate of drug-likeness (QED) is 0.767. The molecule has 1 aliphatic carbocycles. The molecule has 1 N–H and O–H groups in total. The molecular weight excluding hydrogens is 326 g/mol. The number of rotatable bonds is 2. The topological polar surface area (TPSA) is 93.1 Å². The highest BCUT2D eigenvalue weighted by molar-refractivity contribution is 5.90. The van der Waals surface area contributed by atoms with Crippen molar-refractivity contribution in [3.8, 4) is 0 Å². The van der Waals surface area contributed by atoms with Crippen LogP contribution >= 0.6 is 0 Å². The molecule has 3 rings (SSSR count). The van der Waals surface area contributed by atoms with E-state index >= 15 is 0 Å². The van der Waals surface area contributed by atoms with Crippen molar-refractivity contribution in [2.75, 3.05) is 13.1 Å².